The van der Waals surface area contributed by atoms with Crippen molar-refractivity contribution in [3.8, 4) is 11.5 Å². The zero-order valence-corrected chi connectivity index (χ0v) is 14.4. The Kier molecular flexibility index (Phi) is 7.72. The molecule has 0 heterocycles. The smallest absolute Gasteiger partial charge is 0.395 e. The van der Waals surface area contributed by atoms with Gasteiger partial charge in [-0.15, -0.1) is 0 Å². The van der Waals surface area contributed by atoms with Crippen LogP contribution in [0.1, 0.15) is 26.3 Å². The Morgan fingerprint density at radius 3 is 1.86 bits per heavy atom. The number of rotatable bonds is 6. The second-order valence-electron chi connectivity index (χ2n) is 4.17. The highest BCUT2D eigenvalue weighted by molar-refractivity contribution is 7.49. The fourth-order valence-corrected chi connectivity index (χ4v) is 2.79. The van der Waals surface area contributed by atoms with Crippen molar-refractivity contribution in [3.05, 3.63) is 60.2 Å². The highest BCUT2D eigenvalue weighted by Gasteiger charge is 2.30. The molecule has 0 amide bonds. The minimum absolute atomic E-state index is 0.232. The van der Waals surface area contributed by atoms with Gasteiger partial charge in [0, 0.05) is 0 Å². The number of benzene rings is 2. The van der Waals surface area contributed by atoms with Crippen LogP contribution in [0, 0.1) is 6.92 Å². The Balaban J connectivity index is 0.00000116. The number of hydrogen-bond donors (Lipinski definition) is 0. The Morgan fingerprint density at radius 2 is 1.36 bits per heavy atom. The van der Waals surface area contributed by atoms with Gasteiger partial charge in [0.2, 0.25) is 0 Å². The first-order valence-electron chi connectivity index (χ1n) is 7.37. The largest absolute Gasteiger partial charge is 0.587 e. The molecule has 0 saturated carbocycles. The van der Waals surface area contributed by atoms with Gasteiger partial charge in [0.1, 0.15) is 11.5 Å². The van der Waals surface area contributed by atoms with Crippen LogP contribution in [0.5, 0.6) is 11.5 Å². The van der Waals surface area contributed by atoms with Crippen LogP contribution in [0.3, 0.4) is 0 Å². The van der Waals surface area contributed by atoms with E-state index in [0.717, 1.165) is 5.56 Å². The molecule has 0 N–H and O–H groups in total. The summed E-state index contributed by atoms with van der Waals surface area (Å²) in [6.07, 6.45) is 0. The highest BCUT2D eigenvalue weighted by atomic mass is 31.2. The first-order valence-corrected chi connectivity index (χ1v) is 8.83. The van der Waals surface area contributed by atoms with E-state index >= 15 is 0 Å². The fraction of sp³-hybridized carbons (Fsp3) is 0.294. The molecule has 0 aromatic heterocycles. The van der Waals surface area contributed by atoms with Gasteiger partial charge >= 0.3 is 7.82 Å². The van der Waals surface area contributed by atoms with Crippen molar-refractivity contribution in [2.24, 2.45) is 0 Å². The zero-order chi connectivity index (χ0) is 16.4. The van der Waals surface area contributed by atoms with Crippen LogP contribution < -0.4 is 9.05 Å². The predicted molar refractivity (Wildman–Crippen MR) is 89.5 cm³/mol. The highest BCUT2D eigenvalue weighted by Crippen LogP contribution is 2.49. The van der Waals surface area contributed by atoms with Gasteiger partial charge in [0.15, 0.2) is 0 Å². The molecule has 5 heteroatoms. The third kappa shape index (κ3) is 5.92. The molecule has 2 rings (SSSR count). The third-order valence-electron chi connectivity index (χ3n) is 2.49. The number of phosphoric ester groups is 1. The maximum Gasteiger partial charge on any atom is 0.587 e. The molecule has 1 unspecified atom stereocenters. The van der Waals surface area contributed by atoms with Crippen LogP contribution in [-0.2, 0) is 9.09 Å². The average Bonchev–Trinajstić information content (AvgIpc) is 2.53. The van der Waals surface area contributed by atoms with Crippen LogP contribution in [0.25, 0.3) is 0 Å². The number of para-hydroxylation sites is 1. The molecule has 2 aromatic rings. The molecule has 2 aromatic carbocycles. The zero-order valence-electron chi connectivity index (χ0n) is 13.5. The molecule has 0 radical (unpaired) electrons. The van der Waals surface area contributed by atoms with Gasteiger partial charge in [-0.3, -0.25) is 4.52 Å². The van der Waals surface area contributed by atoms with Gasteiger partial charge in [-0.1, -0.05) is 49.7 Å². The van der Waals surface area contributed by atoms with Crippen molar-refractivity contribution in [2.45, 2.75) is 27.7 Å². The first kappa shape index (κ1) is 18.3. The summed E-state index contributed by atoms with van der Waals surface area (Å²) in [6.45, 7) is 7.93. The normalized spacial score (nSPS) is 12.5. The van der Waals surface area contributed by atoms with Crippen molar-refractivity contribution in [1.29, 1.82) is 0 Å². The molecule has 120 valence electrons. The summed E-state index contributed by atoms with van der Waals surface area (Å²) < 4.78 is 28.5. The molecular weight excluding hydrogens is 299 g/mol. The Morgan fingerprint density at radius 1 is 0.864 bits per heavy atom. The summed E-state index contributed by atoms with van der Waals surface area (Å²) in [5.41, 5.74) is 1.09. The summed E-state index contributed by atoms with van der Waals surface area (Å²) in [6, 6.07) is 16.0. The standard InChI is InChI=1S/C15H17O4P.C2H6/c1-3-17-20(16,18-14-7-5-4-6-8-14)19-15-11-9-13(2)10-12-15;1-2/h4-12H,3H2,1-2H3;1-2H3. The Bertz CT molecular complexity index is 581. The van der Waals surface area contributed by atoms with E-state index in [9.17, 15) is 4.57 Å². The van der Waals surface area contributed by atoms with Crippen molar-refractivity contribution < 1.29 is 18.1 Å². The Labute approximate surface area is 132 Å². The fourth-order valence-electron chi connectivity index (χ4n) is 1.57. The predicted octanol–water partition coefficient (Wildman–Crippen LogP) is 5.62. The molecule has 22 heavy (non-hydrogen) atoms. The monoisotopic (exact) mass is 322 g/mol. The first-order chi connectivity index (χ1) is 10.6. The van der Waals surface area contributed by atoms with Crippen molar-refractivity contribution in [1.82, 2.24) is 0 Å². The minimum atomic E-state index is -3.68. The van der Waals surface area contributed by atoms with Crippen LogP contribution >= 0.6 is 7.82 Å². The van der Waals surface area contributed by atoms with E-state index < -0.39 is 7.82 Å². The summed E-state index contributed by atoms with van der Waals surface area (Å²) in [7, 11) is -3.68. The van der Waals surface area contributed by atoms with Crippen LogP contribution in [-0.4, -0.2) is 6.61 Å². The number of aryl methyl sites for hydroxylation is 1. The topological polar surface area (TPSA) is 44.8 Å². The minimum Gasteiger partial charge on any atom is -0.395 e. The molecule has 0 aliphatic carbocycles. The Hall–Kier alpha value is -1.77. The van der Waals surface area contributed by atoms with Gasteiger partial charge in [-0.05, 0) is 38.1 Å². The maximum atomic E-state index is 12.6. The van der Waals surface area contributed by atoms with Crippen LogP contribution in [0.15, 0.2) is 54.6 Å². The summed E-state index contributed by atoms with van der Waals surface area (Å²) in [5, 5.41) is 0. The quantitative estimate of drug-likeness (QED) is 0.647. The van der Waals surface area contributed by atoms with Gasteiger partial charge < -0.3 is 9.05 Å². The molecule has 4 nitrogen and oxygen atoms in total. The van der Waals surface area contributed by atoms with E-state index in [4.69, 9.17) is 13.6 Å². The molecule has 0 aliphatic rings. The average molecular weight is 322 g/mol. The lowest BCUT2D eigenvalue weighted by Gasteiger charge is -2.18. The lowest BCUT2D eigenvalue weighted by atomic mass is 10.2. The van der Waals surface area contributed by atoms with Crippen LogP contribution in [0.2, 0.25) is 0 Å². The van der Waals surface area contributed by atoms with Crippen molar-refractivity contribution in [2.75, 3.05) is 6.61 Å². The van der Waals surface area contributed by atoms with Gasteiger partial charge in [0.25, 0.3) is 0 Å². The van der Waals surface area contributed by atoms with Crippen LogP contribution in [0.4, 0.5) is 0 Å². The molecule has 0 spiro atoms. The van der Waals surface area contributed by atoms with E-state index in [2.05, 4.69) is 0 Å². The summed E-state index contributed by atoms with van der Waals surface area (Å²) >= 11 is 0. The van der Waals surface area contributed by atoms with E-state index in [1.54, 1.807) is 43.3 Å². The van der Waals surface area contributed by atoms with Gasteiger partial charge in [0.05, 0.1) is 6.61 Å². The van der Waals surface area contributed by atoms with E-state index in [-0.39, 0.29) is 6.61 Å². The molecule has 0 fully saturated rings. The third-order valence-corrected chi connectivity index (χ3v) is 3.93. The molecule has 0 bridgehead atoms. The molecule has 0 saturated heterocycles. The molecule has 1 atom stereocenters. The number of hydrogen-bond acceptors (Lipinski definition) is 4. The van der Waals surface area contributed by atoms with E-state index in [1.807, 2.05) is 39.0 Å². The van der Waals surface area contributed by atoms with Gasteiger partial charge in [-0.2, -0.15) is 0 Å². The number of phosphoric acid groups is 1. The summed E-state index contributed by atoms with van der Waals surface area (Å²) in [4.78, 5) is 0. The molecular formula is C17H23O4P. The molecule has 0 aliphatic heterocycles. The SMILES string of the molecule is CC.CCOP(=O)(Oc1ccccc1)Oc1ccc(C)cc1. The van der Waals surface area contributed by atoms with E-state index in [1.165, 1.54) is 0 Å². The maximum absolute atomic E-state index is 12.6. The van der Waals surface area contributed by atoms with Crippen molar-refractivity contribution >= 4 is 7.82 Å². The van der Waals surface area contributed by atoms with Gasteiger partial charge in [-0.25, -0.2) is 4.57 Å². The van der Waals surface area contributed by atoms with Crippen molar-refractivity contribution in [3.63, 3.8) is 0 Å². The lowest BCUT2D eigenvalue weighted by molar-refractivity contribution is 0.219. The lowest BCUT2D eigenvalue weighted by Crippen LogP contribution is -2.04. The second-order valence-corrected chi connectivity index (χ2v) is 5.69. The van der Waals surface area contributed by atoms with E-state index in [0.29, 0.717) is 11.5 Å². The summed E-state index contributed by atoms with van der Waals surface area (Å²) in [5.74, 6) is 0.889. The second kappa shape index (κ2) is 9.29.